The Bertz CT molecular complexity index is 1600. The minimum absolute atomic E-state index is 0.143. The molecule has 4 amide bonds. The summed E-state index contributed by atoms with van der Waals surface area (Å²) >= 11 is 1.25. The molecule has 9 nitrogen and oxygen atoms in total. The van der Waals surface area contributed by atoms with Crippen molar-refractivity contribution in [3.05, 3.63) is 90.0 Å². The predicted octanol–water partition coefficient (Wildman–Crippen LogP) is 5.55. The molecule has 2 aromatic heterocycles. The Hall–Kier alpha value is -4.70. The summed E-state index contributed by atoms with van der Waals surface area (Å²) in [5.74, 6) is 1.02. The van der Waals surface area contributed by atoms with Crippen LogP contribution in [0.2, 0.25) is 0 Å². The largest absolute Gasteiger partial charge is 0.457 e. The number of anilines is 2. The van der Waals surface area contributed by atoms with E-state index in [4.69, 9.17) is 4.74 Å². The number of carbonyl (C=O) groups excluding carboxylic acids is 3. The number of rotatable bonds is 7. The van der Waals surface area contributed by atoms with Gasteiger partial charge in [0, 0.05) is 25.3 Å². The van der Waals surface area contributed by atoms with Gasteiger partial charge in [0.2, 0.25) is 5.91 Å². The van der Waals surface area contributed by atoms with Crippen LogP contribution >= 0.6 is 11.3 Å². The smallest absolute Gasteiger partial charge is 0.326 e. The molecule has 1 fully saturated rings. The van der Waals surface area contributed by atoms with Gasteiger partial charge in [-0.15, -0.1) is 11.3 Å². The maximum absolute atomic E-state index is 13.4. The second kappa shape index (κ2) is 10.8. The van der Waals surface area contributed by atoms with Gasteiger partial charge in [-0.1, -0.05) is 36.9 Å². The summed E-state index contributed by atoms with van der Waals surface area (Å²) < 4.78 is 5.88. The first kappa shape index (κ1) is 25.6. The molecule has 1 saturated heterocycles. The number of hydrogen-bond acceptors (Lipinski definition) is 6. The van der Waals surface area contributed by atoms with E-state index in [1.54, 1.807) is 22.1 Å². The highest BCUT2D eigenvalue weighted by Crippen LogP contribution is 2.44. The van der Waals surface area contributed by atoms with Gasteiger partial charge in [0.15, 0.2) is 0 Å². The van der Waals surface area contributed by atoms with Gasteiger partial charge in [0.25, 0.3) is 5.91 Å². The third-order valence-electron chi connectivity index (χ3n) is 7.03. The molecule has 0 radical (unpaired) electrons. The minimum Gasteiger partial charge on any atom is -0.457 e. The number of nitrogens with zero attached hydrogens (tertiary/aromatic N) is 3. The highest BCUT2D eigenvalue weighted by atomic mass is 32.1. The number of para-hydroxylation sites is 1. The first-order valence-electron chi connectivity index (χ1n) is 13.0. The van der Waals surface area contributed by atoms with Gasteiger partial charge in [-0.2, -0.15) is 0 Å². The highest BCUT2D eigenvalue weighted by Gasteiger charge is 2.33. The molecule has 4 heterocycles. The van der Waals surface area contributed by atoms with E-state index in [1.807, 2.05) is 54.6 Å². The van der Waals surface area contributed by atoms with Gasteiger partial charge >= 0.3 is 6.03 Å². The number of amides is 4. The number of nitrogens with one attached hydrogen (secondary N) is 2. The molecule has 2 aromatic carbocycles. The molecule has 2 aliphatic rings. The summed E-state index contributed by atoms with van der Waals surface area (Å²) in [5, 5.41) is 6.73. The molecule has 40 heavy (non-hydrogen) atoms. The molecule has 4 aromatic rings. The molecule has 0 spiro atoms. The number of thiophene rings is 1. The average Bonchev–Trinajstić information content (AvgIpc) is 3.35. The Kier molecular flexibility index (Phi) is 6.91. The molecule has 2 N–H and O–H groups in total. The Labute approximate surface area is 235 Å². The first-order valence-corrected chi connectivity index (χ1v) is 13.9. The zero-order valence-corrected chi connectivity index (χ0v) is 22.4. The van der Waals surface area contributed by atoms with Gasteiger partial charge in [-0.05, 0) is 54.8 Å². The van der Waals surface area contributed by atoms with E-state index >= 15 is 0 Å². The monoisotopic (exact) mass is 553 g/mol. The van der Waals surface area contributed by atoms with Crippen LogP contribution in [0, 0.1) is 0 Å². The molecular formula is C30H27N5O4S. The Balaban J connectivity index is 1.21. The fraction of sp³-hybridized carbons (Fsp3) is 0.200. The molecular weight excluding hydrogens is 526 g/mol. The highest BCUT2D eigenvalue weighted by molar-refractivity contribution is 7.21. The van der Waals surface area contributed by atoms with Crippen molar-refractivity contribution in [1.29, 1.82) is 0 Å². The topological polar surface area (TPSA) is 104 Å². The fourth-order valence-electron chi connectivity index (χ4n) is 5.10. The molecule has 2 aliphatic heterocycles. The SMILES string of the molecule is C=CC(=O)N1CCCC(NC(=O)c2sc3nccc4c3c2NC(=O)N4Cc2ccc(Oc3ccccc3)cc2)C1. The molecule has 6 rings (SSSR count). The lowest BCUT2D eigenvalue weighted by atomic mass is 10.1. The normalized spacial score (nSPS) is 16.4. The van der Waals surface area contributed by atoms with Crippen LogP contribution in [0.1, 0.15) is 28.1 Å². The van der Waals surface area contributed by atoms with Crippen molar-refractivity contribution in [2.24, 2.45) is 0 Å². The van der Waals surface area contributed by atoms with Gasteiger partial charge in [-0.3, -0.25) is 14.5 Å². The number of carbonyl (C=O) groups is 3. The Morgan fingerprint density at radius 1 is 1.12 bits per heavy atom. The Morgan fingerprint density at radius 2 is 1.90 bits per heavy atom. The van der Waals surface area contributed by atoms with Crippen molar-refractivity contribution in [3.63, 3.8) is 0 Å². The van der Waals surface area contributed by atoms with E-state index in [0.717, 1.165) is 29.5 Å². The number of piperidine rings is 1. The van der Waals surface area contributed by atoms with E-state index in [-0.39, 0.29) is 23.9 Å². The van der Waals surface area contributed by atoms with Crippen LogP contribution in [0.5, 0.6) is 11.5 Å². The van der Waals surface area contributed by atoms with Gasteiger partial charge in [-0.25, -0.2) is 9.78 Å². The van der Waals surface area contributed by atoms with Crippen molar-refractivity contribution in [2.45, 2.75) is 25.4 Å². The summed E-state index contributed by atoms with van der Waals surface area (Å²) in [6, 6.07) is 18.4. The molecule has 0 saturated carbocycles. The molecule has 202 valence electrons. The summed E-state index contributed by atoms with van der Waals surface area (Å²) in [4.78, 5) is 47.6. The lowest BCUT2D eigenvalue weighted by molar-refractivity contribution is -0.127. The van der Waals surface area contributed by atoms with E-state index in [9.17, 15) is 14.4 Å². The van der Waals surface area contributed by atoms with Crippen molar-refractivity contribution in [1.82, 2.24) is 15.2 Å². The molecule has 10 heteroatoms. The maximum atomic E-state index is 13.4. The summed E-state index contributed by atoms with van der Waals surface area (Å²) in [7, 11) is 0. The van der Waals surface area contributed by atoms with Crippen LogP contribution in [0.4, 0.5) is 16.2 Å². The molecule has 0 bridgehead atoms. The van der Waals surface area contributed by atoms with Gasteiger partial charge in [0.05, 0.1) is 23.3 Å². The quantitative estimate of drug-likeness (QED) is 0.292. The zero-order valence-electron chi connectivity index (χ0n) is 21.6. The average molecular weight is 554 g/mol. The third kappa shape index (κ3) is 5.01. The number of urea groups is 1. The lowest BCUT2D eigenvalue weighted by Gasteiger charge is -2.32. The van der Waals surface area contributed by atoms with Crippen LogP contribution in [-0.2, 0) is 11.3 Å². The maximum Gasteiger partial charge on any atom is 0.326 e. The minimum atomic E-state index is -0.322. The second-order valence-corrected chi connectivity index (χ2v) is 10.7. The van der Waals surface area contributed by atoms with Crippen LogP contribution < -0.4 is 20.3 Å². The van der Waals surface area contributed by atoms with Gasteiger partial charge < -0.3 is 20.3 Å². The summed E-state index contributed by atoms with van der Waals surface area (Å²) in [6.45, 7) is 4.96. The van der Waals surface area contributed by atoms with Crippen molar-refractivity contribution in [3.8, 4) is 11.5 Å². The third-order valence-corrected chi connectivity index (χ3v) is 8.13. The lowest BCUT2D eigenvalue weighted by Crippen LogP contribution is -2.49. The number of pyridine rings is 1. The number of ether oxygens (including phenoxy) is 1. The van der Waals surface area contributed by atoms with Crippen LogP contribution in [0.25, 0.3) is 10.2 Å². The van der Waals surface area contributed by atoms with Crippen LogP contribution in [0.15, 0.2) is 79.5 Å². The molecule has 0 aliphatic carbocycles. The van der Waals surface area contributed by atoms with Crippen molar-refractivity contribution < 1.29 is 19.1 Å². The summed E-state index contributed by atoms with van der Waals surface area (Å²) in [5.41, 5.74) is 2.10. The number of benzene rings is 2. The van der Waals surface area contributed by atoms with Crippen molar-refractivity contribution >= 4 is 50.8 Å². The van der Waals surface area contributed by atoms with E-state index in [2.05, 4.69) is 22.2 Å². The molecule has 1 atom stereocenters. The first-order chi connectivity index (χ1) is 19.5. The summed E-state index contributed by atoms with van der Waals surface area (Å²) in [6.07, 6.45) is 4.51. The predicted molar refractivity (Wildman–Crippen MR) is 155 cm³/mol. The zero-order chi connectivity index (χ0) is 27.6. The van der Waals surface area contributed by atoms with E-state index in [0.29, 0.717) is 46.5 Å². The standard InChI is InChI=1S/C30H27N5O4S/c1-2-24(36)34-16-6-7-20(18-34)32-28(37)27-26-25-23(14-15-31-29(25)40-27)35(30(38)33-26)17-19-10-12-22(13-11-19)39-21-8-4-3-5-9-21/h2-5,8-15,20H,1,6-7,16-18H2,(H,32,37)(H,33,38). The van der Waals surface area contributed by atoms with Crippen LogP contribution in [0.3, 0.4) is 0 Å². The fourth-order valence-corrected chi connectivity index (χ4v) is 6.12. The number of hydrogen-bond donors (Lipinski definition) is 2. The Morgan fingerprint density at radius 3 is 2.67 bits per heavy atom. The van der Waals surface area contributed by atoms with Crippen molar-refractivity contribution in [2.75, 3.05) is 23.3 Å². The van der Waals surface area contributed by atoms with Gasteiger partial charge in [0.1, 0.15) is 21.2 Å². The molecule has 1 unspecified atom stereocenters. The van der Waals surface area contributed by atoms with Crippen LogP contribution in [-0.4, -0.2) is 46.9 Å². The number of aromatic nitrogens is 1. The van der Waals surface area contributed by atoms with E-state index < -0.39 is 0 Å². The second-order valence-electron chi connectivity index (χ2n) is 9.69. The van der Waals surface area contributed by atoms with E-state index in [1.165, 1.54) is 17.4 Å². The number of likely N-dealkylation sites (tertiary alicyclic amines) is 1.